The number of hydrogen-bond acceptors (Lipinski definition) is 2. The van der Waals surface area contributed by atoms with Gasteiger partial charge in [-0.05, 0) is 18.9 Å². The molecule has 2 nitrogen and oxygen atoms in total. The number of para-hydroxylation sites is 1. The van der Waals surface area contributed by atoms with Gasteiger partial charge in [0, 0.05) is 5.56 Å². The van der Waals surface area contributed by atoms with Crippen LogP contribution >= 0.6 is 0 Å². The van der Waals surface area contributed by atoms with Gasteiger partial charge in [-0.25, -0.2) is 0 Å². The predicted molar refractivity (Wildman–Crippen MR) is 66.6 cm³/mol. The van der Waals surface area contributed by atoms with Gasteiger partial charge in [0.05, 0.1) is 12.7 Å². The highest BCUT2D eigenvalue weighted by Crippen LogP contribution is 2.38. The summed E-state index contributed by atoms with van der Waals surface area (Å²) in [6.07, 6.45) is 1.92. The Balaban J connectivity index is 3.14. The zero-order valence-corrected chi connectivity index (χ0v) is 10.7. The van der Waals surface area contributed by atoms with Crippen LogP contribution in [0.25, 0.3) is 0 Å². The maximum absolute atomic E-state index is 10.7. The lowest BCUT2D eigenvalue weighted by molar-refractivity contribution is -0.0113. The summed E-state index contributed by atoms with van der Waals surface area (Å²) in [4.78, 5) is 0. The van der Waals surface area contributed by atoms with Crippen LogP contribution in [0, 0.1) is 5.92 Å². The minimum atomic E-state index is -0.823. The van der Waals surface area contributed by atoms with E-state index in [9.17, 15) is 5.11 Å². The molecule has 0 fully saturated rings. The van der Waals surface area contributed by atoms with Gasteiger partial charge in [-0.2, -0.15) is 0 Å². The van der Waals surface area contributed by atoms with Crippen molar-refractivity contribution in [1.82, 2.24) is 0 Å². The molecule has 1 rings (SSSR count). The molecule has 0 aliphatic carbocycles. The van der Waals surface area contributed by atoms with E-state index in [1.165, 1.54) is 0 Å². The van der Waals surface area contributed by atoms with Crippen molar-refractivity contribution in [3.63, 3.8) is 0 Å². The van der Waals surface area contributed by atoms with Gasteiger partial charge >= 0.3 is 0 Å². The Morgan fingerprint density at radius 2 is 1.81 bits per heavy atom. The summed E-state index contributed by atoms with van der Waals surface area (Å²) < 4.78 is 5.31. The first-order chi connectivity index (χ1) is 7.57. The van der Waals surface area contributed by atoms with E-state index in [2.05, 4.69) is 13.8 Å². The second-order valence-electron chi connectivity index (χ2n) is 4.36. The van der Waals surface area contributed by atoms with Gasteiger partial charge in [0.2, 0.25) is 0 Å². The number of ether oxygens (including phenoxy) is 1. The van der Waals surface area contributed by atoms with Crippen LogP contribution in [0.4, 0.5) is 0 Å². The van der Waals surface area contributed by atoms with Crippen LogP contribution in [-0.4, -0.2) is 12.2 Å². The zero-order valence-electron chi connectivity index (χ0n) is 10.7. The van der Waals surface area contributed by atoms with E-state index in [1.807, 2.05) is 31.2 Å². The van der Waals surface area contributed by atoms with Crippen molar-refractivity contribution in [2.24, 2.45) is 5.92 Å². The van der Waals surface area contributed by atoms with Crippen LogP contribution < -0.4 is 4.74 Å². The third-order valence-corrected chi connectivity index (χ3v) is 3.43. The highest BCUT2D eigenvalue weighted by molar-refractivity contribution is 5.37. The highest BCUT2D eigenvalue weighted by atomic mass is 16.5. The second-order valence-corrected chi connectivity index (χ2v) is 4.36. The van der Waals surface area contributed by atoms with Crippen molar-refractivity contribution in [3.8, 4) is 5.75 Å². The minimum Gasteiger partial charge on any atom is -0.496 e. The van der Waals surface area contributed by atoms with Crippen LogP contribution in [0.5, 0.6) is 5.75 Å². The molecule has 0 aromatic heterocycles. The fourth-order valence-corrected chi connectivity index (χ4v) is 2.37. The van der Waals surface area contributed by atoms with E-state index in [0.29, 0.717) is 0 Å². The molecular weight excluding hydrogens is 200 g/mol. The summed E-state index contributed by atoms with van der Waals surface area (Å²) in [6.45, 7) is 6.10. The number of benzene rings is 1. The van der Waals surface area contributed by atoms with Gasteiger partial charge in [-0.1, -0.05) is 44.9 Å². The van der Waals surface area contributed by atoms with Crippen LogP contribution in [0.1, 0.15) is 39.2 Å². The Bertz CT molecular complexity index is 327. The van der Waals surface area contributed by atoms with Gasteiger partial charge < -0.3 is 9.84 Å². The summed E-state index contributed by atoms with van der Waals surface area (Å²) in [6, 6.07) is 7.70. The van der Waals surface area contributed by atoms with Crippen LogP contribution in [0.3, 0.4) is 0 Å². The first-order valence-corrected chi connectivity index (χ1v) is 5.93. The minimum absolute atomic E-state index is 0.254. The molecule has 2 heteroatoms. The van der Waals surface area contributed by atoms with Crippen LogP contribution in [0.2, 0.25) is 0 Å². The van der Waals surface area contributed by atoms with E-state index in [1.54, 1.807) is 7.11 Å². The molecule has 0 heterocycles. The smallest absolute Gasteiger partial charge is 0.124 e. The summed E-state index contributed by atoms with van der Waals surface area (Å²) >= 11 is 0. The molecule has 0 radical (unpaired) electrons. The largest absolute Gasteiger partial charge is 0.496 e. The fraction of sp³-hybridized carbons (Fsp3) is 0.571. The van der Waals surface area contributed by atoms with Gasteiger partial charge in [0.15, 0.2) is 0 Å². The van der Waals surface area contributed by atoms with Crippen molar-refractivity contribution in [2.45, 2.75) is 39.2 Å². The van der Waals surface area contributed by atoms with Gasteiger partial charge in [0.25, 0.3) is 0 Å². The summed E-state index contributed by atoms with van der Waals surface area (Å²) in [5.41, 5.74) is 0.0574. The van der Waals surface area contributed by atoms with Gasteiger partial charge in [-0.3, -0.25) is 0 Å². The monoisotopic (exact) mass is 222 g/mol. The second kappa shape index (κ2) is 5.35. The maximum Gasteiger partial charge on any atom is 0.124 e. The standard InChI is InChI=1S/C14H22O2/c1-5-11(6-2)14(3,15)12-9-7-8-10-13(12)16-4/h7-11,15H,5-6H2,1-4H3. The molecule has 1 aromatic rings. The summed E-state index contributed by atoms with van der Waals surface area (Å²) in [5, 5.41) is 10.7. The third kappa shape index (κ3) is 2.38. The normalized spacial score (nSPS) is 14.9. The van der Waals surface area contributed by atoms with Crippen molar-refractivity contribution in [3.05, 3.63) is 29.8 Å². The van der Waals surface area contributed by atoms with Gasteiger partial charge in [-0.15, -0.1) is 0 Å². The first kappa shape index (κ1) is 13.0. The lowest BCUT2D eigenvalue weighted by atomic mass is 9.79. The summed E-state index contributed by atoms with van der Waals surface area (Å²) in [5.74, 6) is 1.02. The maximum atomic E-state index is 10.7. The van der Waals surface area contributed by atoms with E-state index in [0.717, 1.165) is 24.2 Å². The van der Waals surface area contributed by atoms with Crippen molar-refractivity contribution in [2.75, 3.05) is 7.11 Å². The predicted octanol–water partition coefficient (Wildman–Crippen LogP) is 3.34. The molecule has 1 N–H and O–H groups in total. The molecule has 0 amide bonds. The van der Waals surface area contributed by atoms with E-state index in [4.69, 9.17) is 4.74 Å². The molecule has 16 heavy (non-hydrogen) atoms. The van der Waals surface area contributed by atoms with Crippen LogP contribution in [0.15, 0.2) is 24.3 Å². The zero-order chi connectivity index (χ0) is 12.2. The summed E-state index contributed by atoms with van der Waals surface area (Å²) in [7, 11) is 1.64. The van der Waals surface area contributed by atoms with E-state index in [-0.39, 0.29) is 5.92 Å². The molecule has 1 aromatic carbocycles. The number of aliphatic hydroxyl groups is 1. The Morgan fingerprint density at radius 1 is 1.25 bits per heavy atom. The van der Waals surface area contributed by atoms with Crippen molar-refractivity contribution < 1.29 is 9.84 Å². The molecule has 1 unspecified atom stereocenters. The molecule has 0 bridgehead atoms. The molecule has 0 saturated carbocycles. The van der Waals surface area contributed by atoms with E-state index < -0.39 is 5.60 Å². The Kier molecular flexibility index (Phi) is 4.36. The number of hydrogen-bond donors (Lipinski definition) is 1. The first-order valence-electron chi connectivity index (χ1n) is 5.93. The molecule has 0 aliphatic heterocycles. The quantitative estimate of drug-likeness (QED) is 0.828. The SMILES string of the molecule is CCC(CC)C(C)(O)c1ccccc1OC. The molecule has 0 aliphatic rings. The Labute approximate surface area is 98.3 Å². The van der Waals surface area contributed by atoms with Crippen molar-refractivity contribution >= 4 is 0 Å². The molecule has 0 spiro atoms. The molecule has 1 atom stereocenters. The number of rotatable bonds is 5. The molecule has 90 valence electrons. The highest BCUT2D eigenvalue weighted by Gasteiger charge is 2.33. The molecule has 0 saturated heterocycles. The molecular formula is C14H22O2. The average Bonchev–Trinajstić information content (AvgIpc) is 2.30. The lowest BCUT2D eigenvalue weighted by Gasteiger charge is -2.33. The average molecular weight is 222 g/mol. The van der Waals surface area contributed by atoms with Crippen molar-refractivity contribution in [1.29, 1.82) is 0 Å². The third-order valence-electron chi connectivity index (χ3n) is 3.43. The Morgan fingerprint density at radius 3 is 2.31 bits per heavy atom. The van der Waals surface area contributed by atoms with Crippen LogP contribution in [-0.2, 0) is 5.60 Å². The Hall–Kier alpha value is -1.02. The topological polar surface area (TPSA) is 29.5 Å². The lowest BCUT2D eigenvalue weighted by Crippen LogP contribution is -2.31. The number of methoxy groups -OCH3 is 1. The fourth-order valence-electron chi connectivity index (χ4n) is 2.37. The van der Waals surface area contributed by atoms with Gasteiger partial charge in [0.1, 0.15) is 5.75 Å². The van der Waals surface area contributed by atoms with E-state index >= 15 is 0 Å².